The van der Waals surface area contributed by atoms with E-state index in [2.05, 4.69) is 20.8 Å². The van der Waals surface area contributed by atoms with E-state index in [4.69, 9.17) is 4.42 Å². The van der Waals surface area contributed by atoms with Crippen molar-refractivity contribution in [3.8, 4) is 0 Å². The number of nitrogens with zero attached hydrogens (tertiary/aromatic N) is 2. The lowest BCUT2D eigenvalue weighted by atomic mass is 10.3. The van der Waals surface area contributed by atoms with Crippen molar-refractivity contribution in [3.63, 3.8) is 0 Å². The van der Waals surface area contributed by atoms with Gasteiger partial charge in [0, 0.05) is 12.1 Å². The highest BCUT2D eigenvalue weighted by molar-refractivity contribution is 5.52. The van der Waals surface area contributed by atoms with Crippen LogP contribution in [0.25, 0.3) is 0 Å². The van der Waals surface area contributed by atoms with Crippen LogP contribution in [0.3, 0.4) is 0 Å². The molecule has 96 valence electrons. The van der Waals surface area contributed by atoms with Crippen molar-refractivity contribution in [2.45, 2.75) is 6.54 Å². The minimum Gasteiger partial charge on any atom is -0.406 e. The zero-order valence-corrected chi connectivity index (χ0v) is 9.30. The molecule has 1 aromatic carbocycles. The van der Waals surface area contributed by atoms with Gasteiger partial charge in [-0.15, -0.1) is 5.10 Å². The molecule has 0 aliphatic carbocycles. The number of nitrogens with one attached hydrogen (secondary N) is 2. The molecule has 2 rings (SSSR count). The van der Waals surface area contributed by atoms with Gasteiger partial charge in [0.2, 0.25) is 5.89 Å². The highest BCUT2D eigenvalue weighted by Gasteiger charge is 2.12. The van der Waals surface area contributed by atoms with Crippen molar-refractivity contribution in [2.75, 3.05) is 12.4 Å². The number of halogens is 3. The molecule has 5 nitrogen and oxygen atoms in total. The highest BCUT2D eigenvalue weighted by atomic mass is 19.2. The Morgan fingerprint density at radius 2 is 1.83 bits per heavy atom. The molecule has 18 heavy (non-hydrogen) atoms. The van der Waals surface area contributed by atoms with Gasteiger partial charge in [0.05, 0.1) is 12.2 Å². The number of aromatic nitrogens is 2. The maximum Gasteiger partial charge on any atom is 0.320 e. The number of hydrogen-bond acceptors (Lipinski definition) is 5. The zero-order chi connectivity index (χ0) is 13.1. The predicted molar refractivity (Wildman–Crippen MR) is 56.7 cm³/mol. The summed E-state index contributed by atoms with van der Waals surface area (Å²) in [6.45, 7) is 0.342. The van der Waals surface area contributed by atoms with Gasteiger partial charge < -0.3 is 15.1 Å². The van der Waals surface area contributed by atoms with E-state index < -0.39 is 17.5 Å². The Bertz CT molecular complexity index is 558. The van der Waals surface area contributed by atoms with Crippen LogP contribution in [0.1, 0.15) is 5.89 Å². The lowest BCUT2D eigenvalue weighted by Gasteiger charge is -2.03. The third-order valence-electron chi connectivity index (χ3n) is 2.05. The molecule has 0 unspecified atom stereocenters. The van der Waals surface area contributed by atoms with E-state index in [1.165, 1.54) is 0 Å². The molecule has 0 atom stereocenters. The van der Waals surface area contributed by atoms with Crippen LogP contribution in [0.4, 0.5) is 24.9 Å². The summed E-state index contributed by atoms with van der Waals surface area (Å²) in [6.07, 6.45) is 0. The molecule has 0 amide bonds. The second-order valence-corrected chi connectivity index (χ2v) is 3.40. The first-order valence-electron chi connectivity index (χ1n) is 4.98. The van der Waals surface area contributed by atoms with E-state index in [1.54, 1.807) is 7.05 Å². The van der Waals surface area contributed by atoms with Gasteiger partial charge in [-0.3, -0.25) is 0 Å². The van der Waals surface area contributed by atoms with E-state index in [0.29, 0.717) is 18.7 Å². The van der Waals surface area contributed by atoms with Gasteiger partial charge in [-0.05, 0) is 7.05 Å². The number of benzene rings is 1. The minimum absolute atomic E-state index is 0.106. The van der Waals surface area contributed by atoms with E-state index >= 15 is 0 Å². The Labute approximate surface area is 100 Å². The largest absolute Gasteiger partial charge is 0.406 e. The van der Waals surface area contributed by atoms with Gasteiger partial charge >= 0.3 is 6.01 Å². The summed E-state index contributed by atoms with van der Waals surface area (Å²) in [5.41, 5.74) is -0.284. The molecule has 0 spiro atoms. The van der Waals surface area contributed by atoms with Crippen LogP contribution >= 0.6 is 0 Å². The van der Waals surface area contributed by atoms with Crippen molar-refractivity contribution in [1.29, 1.82) is 0 Å². The quantitative estimate of drug-likeness (QED) is 0.821. The summed E-state index contributed by atoms with van der Waals surface area (Å²) in [6, 6.07) is 1.000. The molecule has 8 heteroatoms. The molecule has 0 aliphatic rings. The highest BCUT2D eigenvalue weighted by Crippen LogP contribution is 2.21. The lowest BCUT2D eigenvalue weighted by molar-refractivity contribution is 0.488. The zero-order valence-electron chi connectivity index (χ0n) is 9.30. The Hall–Kier alpha value is -2.09. The topological polar surface area (TPSA) is 63.0 Å². The fourth-order valence-electron chi connectivity index (χ4n) is 1.26. The molecule has 1 heterocycles. The van der Waals surface area contributed by atoms with Crippen molar-refractivity contribution >= 4 is 11.7 Å². The predicted octanol–water partition coefficient (Wildman–Crippen LogP) is 1.95. The summed E-state index contributed by atoms with van der Waals surface area (Å²) < 4.78 is 44.0. The average molecular weight is 258 g/mol. The molecular formula is C10H9F3N4O. The second-order valence-electron chi connectivity index (χ2n) is 3.40. The molecule has 2 N–H and O–H groups in total. The van der Waals surface area contributed by atoms with Gasteiger partial charge in [0.15, 0.2) is 11.6 Å². The van der Waals surface area contributed by atoms with Gasteiger partial charge in [-0.25, -0.2) is 13.2 Å². The minimum atomic E-state index is -1.26. The molecule has 0 radical (unpaired) electrons. The molecule has 0 bridgehead atoms. The van der Waals surface area contributed by atoms with E-state index in [1.807, 2.05) is 0 Å². The first-order chi connectivity index (χ1) is 8.60. The van der Waals surface area contributed by atoms with Crippen LogP contribution in [0, 0.1) is 17.5 Å². The molecule has 0 aliphatic heterocycles. The van der Waals surface area contributed by atoms with Gasteiger partial charge in [-0.2, -0.15) is 0 Å². The number of hydrogen-bond donors (Lipinski definition) is 2. The second kappa shape index (κ2) is 5.05. The normalized spacial score (nSPS) is 10.7. The first kappa shape index (κ1) is 12.4. The molecule has 2 aromatic rings. The van der Waals surface area contributed by atoms with Crippen LogP contribution in [0.2, 0.25) is 0 Å². The third kappa shape index (κ3) is 2.59. The lowest BCUT2D eigenvalue weighted by Crippen LogP contribution is -2.04. The molecule has 0 saturated carbocycles. The average Bonchev–Trinajstić information content (AvgIpc) is 2.74. The summed E-state index contributed by atoms with van der Waals surface area (Å²) >= 11 is 0. The summed E-state index contributed by atoms with van der Waals surface area (Å²) in [7, 11) is 1.69. The van der Waals surface area contributed by atoms with Gasteiger partial charge in [0.1, 0.15) is 5.82 Å². The van der Waals surface area contributed by atoms with Crippen LogP contribution < -0.4 is 10.6 Å². The van der Waals surface area contributed by atoms with E-state index in [-0.39, 0.29) is 17.6 Å². The SMILES string of the molecule is CNCc1nnc(Nc2cc(F)c(F)cc2F)o1. The molecule has 1 aromatic heterocycles. The Balaban J connectivity index is 2.20. The first-order valence-corrected chi connectivity index (χ1v) is 4.98. The van der Waals surface area contributed by atoms with Crippen LogP contribution in [-0.4, -0.2) is 17.2 Å². The fourth-order valence-corrected chi connectivity index (χ4v) is 1.26. The van der Waals surface area contributed by atoms with Crippen molar-refractivity contribution in [2.24, 2.45) is 0 Å². The Morgan fingerprint density at radius 3 is 2.56 bits per heavy atom. The van der Waals surface area contributed by atoms with Crippen LogP contribution in [-0.2, 0) is 6.54 Å². The summed E-state index contributed by atoms with van der Waals surface area (Å²) in [4.78, 5) is 0. The number of rotatable bonds is 4. The maximum atomic E-state index is 13.3. The summed E-state index contributed by atoms with van der Waals surface area (Å²) in [5.74, 6) is -3.11. The standard InChI is InChI=1S/C10H9F3N4O/c1-14-4-9-16-17-10(18-9)15-8-3-6(12)5(11)2-7(8)13/h2-3,14H,4H2,1H3,(H,15,17). The van der Waals surface area contributed by atoms with E-state index in [0.717, 1.165) is 0 Å². The summed E-state index contributed by atoms with van der Waals surface area (Å²) in [5, 5.41) is 12.4. The van der Waals surface area contributed by atoms with E-state index in [9.17, 15) is 13.2 Å². The maximum absolute atomic E-state index is 13.3. The van der Waals surface area contributed by atoms with Crippen LogP contribution in [0.5, 0.6) is 0 Å². The smallest absolute Gasteiger partial charge is 0.320 e. The molecule has 0 saturated heterocycles. The van der Waals surface area contributed by atoms with Crippen molar-refractivity contribution in [1.82, 2.24) is 15.5 Å². The number of anilines is 2. The monoisotopic (exact) mass is 258 g/mol. The van der Waals surface area contributed by atoms with Crippen LogP contribution in [0.15, 0.2) is 16.5 Å². The third-order valence-corrected chi connectivity index (χ3v) is 2.05. The molecule has 0 fully saturated rings. The van der Waals surface area contributed by atoms with Crippen molar-refractivity contribution in [3.05, 3.63) is 35.5 Å². The van der Waals surface area contributed by atoms with Crippen molar-refractivity contribution < 1.29 is 17.6 Å². The Kier molecular flexibility index (Phi) is 3.47. The molecular weight excluding hydrogens is 249 g/mol. The van der Waals surface area contributed by atoms with Gasteiger partial charge in [0.25, 0.3) is 0 Å². The Morgan fingerprint density at radius 1 is 1.11 bits per heavy atom. The fraction of sp³-hybridized carbons (Fsp3) is 0.200. The van der Waals surface area contributed by atoms with Gasteiger partial charge in [-0.1, -0.05) is 5.10 Å².